The summed E-state index contributed by atoms with van der Waals surface area (Å²) in [5, 5.41) is 9.37. The molecule has 0 saturated heterocycles. The van der Waals surface area contributed by atoms with E-state index in [0.717, 1.165) is 18.4 Å². The van der Waals surface area contributed by atoms with E-state index >= 15 is 0 Å². The number of carbonyl (C=O) groups is 1. The van der Waals surface area contributed by atoms with Gasteiger partial charge in [0.2, 0.25) is 0 Å². The molecule has 27 heavy (non-hydrogen) atoms. The van der Waals surface area contributed by atoms with Crippen molar-refractivity contribution in [3.63, 3.8) is 0 Å². The maximum atomic E-state index is 12.6. The minimum atomic E-state index is -0.290. The highest BCUT2D eigenvalue weighted by atomic mass is 16.5. The Bertz CT molecular complexity index is 716. The van der Waals surface area contributed by atoms with Crippen LogP contribution in [0, 0.1) is 23.2 Å². The molecule has 4 atom stereocenters. The molecular formula is C24H32O3. The second-order valence-electron chi connectivity index (χ2n) is 8.92. The number of carbonyl (C=O) groups excluding carboxylic acids is 1. The minimum Gasteiger partial charge on any atom is -0.508 e. The number of phenols is 1. The van der Waals surface area contributed by atoms with Gasteiger partial charge in [0.05, 0.1) is 0 Å². The van der Waals surface area contributed by atoms with Crippen molar-refractivity contribution in [1.29, 1.82) is 0 Å². The largest absolute Gasteiger partial charge is 0.508 e. The van der Waals surface area contributed by atoms with E-state index in [9.17, 15) is 9.90 Å². The molecule has 1 aromatic rings. The maximum Gasteiger partial charge on any atom is 0.331 e. The van der Waals surface area contributed by atoms with E-state index in [2.05, 4.69) is 27.4 Å². The van der Waals surface area contributed by atoms with Gasteiger partial charge in [-0.3, -0.25) is 0 Å². The zero-order chi connectivity index (χ0) is 19.6. The predicted octanol–water partition coefficient (Wildman–Crippen LogP) is 5.75. The van der Waals surface area contributed by atoms with Gasteiger partial charge in [-0.15, -0.1) is 0 Å². The predicted molar refractivity (Wildman–Crippen MR) is 109 cm³/mol. The van der Waals surface area contributed by atoms with Gasteiger partial charge in [0.1, 0.15) is 11.9 Å². The fraction of sp³-hybridized carbons (Fsp3) is 0.542. The smallest absolute Gasteiger partial charge is 0.331 e. The molecule has 146 valence electrons. The summed E-state index contributed by atoms with van der Waals surface area (Å²) in [5.74, 6) is 1.04. The second-order valence-corrected chi connectivity index (χ2v) is 8.92. The van der Waals surface area contributed by atoms with Crippen molar-refractivity contribution in [3.8, 4) is 5.75 Å². The Balaban J connectivity index is 1.78. The summed E-state index contributed by atoms with van der Waals surface area (Å²) in [4.78, 5) is 12.6. The first-order valence-electron chi connectivity index (χ1n) is 10.2. The summed E-state index contributed by atoms with van der Waals surface area (Å²) in [6.07, 6.45) is 8.88. The Morgan fingerprint density at radius 3 is 2.67 bits per heavy atom. The fourth-order valence-electron chi connectivity index (χ4n) is 5.13. The van der Waals surface area contributed by atoms with Crippen LogP contribution in [0.25, 0.3) is 6.08 Å². The molecule has 1 aromatic carbocycles. The first-order valence-corrected chi connectivity index (χ1v) is 10.2. The number of fused-ring (bicyclic) bond motifs is 1. The average Bonchev–Trinajstić information content (AvgIpc) is 2.60. The third-order valence-corrected chi connectivity index (χ3v) is 6.65. The molecule has 1 N–H and O–H groups in total. The van der Waals surface area contributed by atoms with Crippen molar-refractivity contribution in [3.05, 3.63) is 48.1 Å². The van der Waals surface area contributed by atoms with Crippen LogP contribution in [-0.4, -0.2) is 17.2 Å². The Kier molecular flexibility index (Phi) is 5.78. The molecule has 2 aliphatic carbocycles. The SMILES string of the molecule is C=C1CCC[C@]2(C)CCC(C(C)C)[C@H](OC(=O)/C=C/c3ccc(O)cc3)[C@@H]12. The molecule has 0 aliphatic heterocycles. The number of ether oxygens (including phenoxy) is 1. The van der Waals surface area contributed by atoms with Crippen LogP contribution in [0.4, 0.5) is 0 Å². The molecule has 0 heterocycles. The number of hydrogen-bond acceptors (Lipinski definition) is 3. The van der Waals surface area contributed by atoms with Gasteiger partial charge in [0.25, 0.3) is 0 Å². The van der Waals surface area contributed by atoms with E-state index < -0.39 is 0 Å². The van der Waals surface area contributed by atoms with Crippen molar-refractivity contribution in [2.75, 3.05) is 0 Å². The lowest BCUT2D eigenvalue weighted by molar-refractivity contribution is -0.159. The summed E-state index contributed by atoms with van der Waals surface area (Å²) in [6, 6.07) is 6.77. The lowest BCUT2D eigenvalue weighted by Gasteiger charge is -2.53. The van der Waals surface area contributed by atoms with E-state index in [0.29, 0.717) is 11.8 Å². The molecule has 0 bridgehead atoms. The lowest BCUT2D eigenvalue weighted by Crippen LogP contribution is -2.50. The number of hydrogen-bond donors (Lipinski definition) is 1. The molecule has 3 rings (SSSR count). The van der Waals surface area contributed by atoms with Crippen LogP contribution in [0.1, 0.15) is 58.4 Å². The molecule has 2 aliphatic rings. The normalized spacial score (nSPS) is 31.1. The van der Waals surface area contributed by atoms with E-state index in [1.54, 1.807) is 30.3 Å². The second kappa shape index (κ2) is 7.92. The summed E-state index contributed by atoms with van der Waals surface area (Å²) in [5.41, 5.74) is 2.32. The molecule has 3 heteroatoms. The van der Waals surface area contributed by atoms with Crippen molar-refractivity contribution in [1.82, 2.24) is 0 Å². The third kappa shape index (κ3) is 4.28. The van der Waals surface area contributed by atoms with Crippen LogP contribution in [0.15, 0.2) is 42.5 Å². The van der Waals surface area contributed by atoms with Gasteiger partial charge in [-0.25, -0.2) is 4.79 Å². The Hall–Kier alpha value is -2.03. The van der Waals surface area contributed by atoms with Gasteiger partial charge >= 0.3 is 5.97 Å². The topological polar surface area (TPSA) is 46.5 Å². The Morgan fingerprint density at radius 1 is 1.30 bits per heavy atom. The molecule has 2 fully saturated rings. The highest BCUT2D eigenvalue weighted by Crippen LogP contribution is 2.55. The quantitative estimate of drug-likeness (QED) is 0.418. The molecule has 0 aromatic heterocycles. The zero-order valence-electron chi connectivity index (χ0n) is 16.8. The molecular weight excluding hydrogens is 336 g/mol. The summed E-state index contributed by atoms with van der Waals surface area (Å²) in [7, 11) is 0. The highest BCUT2D eigenvalue weighted by Gasteiger charge is 2.51. The first-order chi connectivity index (χ1) is 12.8. The van der Waals surface area contributed by atoms with Crippen LogP contribution in [0.5, 0.6) is 5.75 Å². The van der Waals surface area contributed by atoms with Crippen molar-refractivity contribution in [2.24, 2.45) is 23.2 Å². The monoisotopic (exact) mass is 368 g/mol. The van der Waals surface area contributed by atoms with Crippen LogP contribution >= 0.6 is 0 Å². The lowest BCUT2D eigenvalue weighted by atomic mass is 9.54. The zero-order valence-corrected chi connectivity index (χ0v) is 16.8. The van der Waals surface area contributed by atoms with Gasteiger partial charge in [-0.2, -0.15) is 0 Å². The van der Waals surface area contributed by atoms with E-state index in [4.69, 9.17) is 4.74 Å². The van der Waals surface area contributed by atoms with Crippen molar-refractivity contribution < 1.29 is 14.6 Å². The van der Waals surface area contributed by atoms with Gasteiger partial charge in [-0.1, -0.05) is 45.1 Å². The number of phenolic OH excluding ortho intramolecular Hbond substituents is 1. The van der Waals surface area contributed by atoms with Crippen LogP contribution in [-0.2, 0) is 9.53 Å². The standard InChI is InChI=1S/C24H32O3/c1-16(2)20-13-15-24(4)14-5-6-17(3)22(24)23(20)27-21(26)12-9-18-7-10-19(25)11-8-18/h7-12,16,20,22-23,25H,3,5-6,13-15H2,1-2,4H3/b12-9+/t20?,22-,23+,24-/m1/s1. The van der Waals surface area contributed by atoms with Crippen LogP contribution < -0.4 is 0 Å². The summed E-state index contributed by atoms with van der Waals surface area (Å²) in [6.45, 7) is 11.2. The molecule has 3 nitrogen and oxygen atoms in total. The average molecular weight is 369 g/mol. The molecule has 0 spiro atoms. The van der Waals surface area contributed by atoms with Gasteiger partial charge < -0.3 is 9.84 Å². The summed E-state index contributed by atoms with van der Waals surface area (Å²) < 4.78 is 6.08. The molecule has 2 saturated carbocycles. The van der Waals surface area contributed by atoms with Gasteiger partial charge in [0, 0.05) is 12.0 Å². The molecule has 0 radical (unpaired) electrons. The van der Waals surface area contributed by atoms with Crippen molar-refractivity contribution in [2.45, 2.75) is 59.0 Å². The third-order valence-electron chi connectivity index (χ3n) is 6.65. The minimum absolute atomic E-state index is 0.0893. The van der Waals surface area contributed by atoms with E-state index in [-0.39, 0.29) is 29.2 Å². The number of benzene rings is 1. The van der Waals surface area contributed by atoms with E-state index in [1.165, 1.54) is 30.9 Å². The maximum absolute atomic E-state index is 12.6. The number of esters is 1. The van der Waals surface area contributed by atoms with Gasteiger partial charge in [-0.05, 0) is 73.1 Å². The number of aromatic hydroxyl groups is 1. The first kappa shape index (κ1) is 19.7. The Morgan fingerprint density at radius 2 is 2.00 bits per heavy atom. The van der Waals surface area contributed by atoms with Crippen molar-refractivity contribution >= 4 is 12.0 Å². The van der Waals surface area contributed by atoms with Gasteiger partial charge in [0.15, 0.2) is 0 Å². The summed E-state index contributed by atoms with van der Waals surface area (Å²) >= 11 is 0. The molecule has 0 amide bonds. The van der Waals surface area contributed by atoms with Crippen LogP contribution in [0.3, 0.4) is 0 Å². The van der Waals surface area contributed by atoms with E-state index in [1.807, 2.05) is 0 Å². The highest BCUT2D eigenvalue weighted by molar-refractivity contribution is 5.87. The fourth-order valence-corrected chi connectivity index (χ4v) is 5.13. The van der Waals surface area contributed by atoms with Crippen LogP contribution in [0.2, 0.25) is 0 Å². The Labute approximate surface area is 163 Å². The molecule has 1 unspecified atom stereocenters. The number of rotatable bonds is 4.